The summed E-state index contributed by atoms with van der Waals surface area (Å²) in [6.07, 6.45) is 0.245. The molecule has 1 heterocycles. The van der Waals surface area contributed by atoms with E-state index in [1.165, 1.54) is 0 Å². The Bertz CT molecular complexity index is 186. The molecule has 1 aliphatic rings. The lowest BCUT2D eigenvalue weighted by molar-refractivity contribution is -0.169. The highest BCUT2D eigenvalue weighted by atomic mass is 16.5. The van der Waals surface area contributed by atoms with Gasteiger partial charge < -0.3 is 15.8 Å². The Hall–Kier alpha value is -0.120. The Balaban J connectivity index is 2.24. The second-order valence-electron chi connectivity index (χ2n) is 5.85. The van der Waals surface area contributed by atoms with Gasteiger partial charge in [-0.05, 0) is 5.41 Å². The van der Waals surface area contributed by atoms with Gasteiger partial charge >= 0.3 is 0 Å². The molecule has 0 spiro atoms. The van der Waals surface area contributed by atoms with Gasteiger partial charge in [0.25, 0.3) is 0 Å². The SMILES string of the molecule is CC(C)(C)CNCC1(C)COC1CN. The molecule has 2 unspecified atom stereocenters. The second kappa shape index (κ2) is 4.17. The van der Waals surface area contributed by atoms with Gasteiger partial charge in [-0.1, -0.05) is 27.7 Å². The molecule has 2 atom stereocenters. The highest BCUT2D eigenvalue weighted by molar-refractivity contribution is 4.93. The average molecular weight is 200 g/mol. The van der Waals surface area contributed by atoms with Crippen LogP contribution in [0.1, 0.15) is 27.7 Å². The summed E-state index contributed by atoms with van der Waals surface area (Å²) in [7, 11) is 0. The first-order valence-corrected chi connectivity index (χ1v) is 5.40. The zero-order valence-corrected chi connectivity index (χ0v) is 9.89. The molecule has 3 heteroatoms. The van der Waals surface area contributed by atoms with Crippen LogP contribution in [0.2, 0.25) is 0 Å². The molecule has 1 rings (SSSR count). The maximum absolute atomic E-state index is 5.61. The molecule has 0 saturated carbocycles. The normalized spacial score (nSPS) is 32.8. The lowest BCUT2D eigenvalue weighted by Gasteiger charge is -2.46. The van der Waals surface area contributed by atoms with Crippen LogP contribution in [0.4, 0.5) is 0 Å². The predicted octanol–water partition coefficient (Wildman–Crippen LogP) is 0.986. The standard InChI is InChI=1S/C11H24N2O/c1-10(2,3)6-13-7-11(4)8-14-9(11)5-12/h9,13H,5-8,12H2,1-4H3. The van der Waals surface area contributed by atoms with Crippen molar-refractivity contribution in [2.24, 2.45) is 16.6 Å². The highest BCUT2D eigenvalue weighted by Gasteiger charge is 2.43. The van der Waals surface area contributed by atoms with Gasteiger partial charge in [0.2, 0.25) is 0 Å². The van der Waals surface area contributed by atoms with Gasteiger partial charge in [0.05, 0.1) is 12.7 Å². The monoisotopic (exact) mass is 200 g/mol. The van der Waals surface area contributed by atoms with Crippen LogP contribution in [0.25, 0.3) is 0 Å². The summed E-state index contributed by atoms with van der Waals surface area (Å²) in [5.41, 5.74) is 6.21. The molecule has 1 fully saturated rings. The molecule has 3 N–H and O–H groups in total. The minimum Gasteiger partial charge on any atom is -0.375 e. The molecule has 14 heavy (non-hydrogen) atoms. The van der Waals surface area contributed by atoms with Crippen molar-refractivity contribution in [3.05, 3.63) is 0 Å². The number of ether oxygens (including phenoxy) is 1. The van der Waals surface area contributed by atoms with Gasteiger partial charge in [0.15, 0.2) is 0 Å². The smallest absolute Gasteiger partial charge is 0.0785 e. The van der Waals surface area contributed by atoms with Crippen LogP contribution in [0.3, 0.4) is 0 Å². The van der Waals surface area contributed by atoms with Crippen molar-refractivity contribution >= 4 is 0 Å². The van der Waals surface area contributed by atoms with Crippen LogP contribution in [0.15, 0.2) is 0 Å². The van der Waals surface area contributed by atoms with Crippen LogP contribution < -0.4 is 11.1 Å². The molecule has 3 nitrogen and oxygen atoms in total. The number of nitrogens with two attached hydrogens (primary N) is 1. The van der Waals surface area contributed by atoms with Gasteiger partial charge in [-0.2, -0.15) is 0 Å². The first-order chi connectivity index (χ1) is 6.37. The van der Waals surface area contributed by atoms with E-state index in [0.717, 1.165) is 19.7 Å². The summed E-state index contributed by atoms with van der Waals surface area (Å²) < 4.78 is 5.41. The van der Waals surface area contributed by atoms with Crippen molar-refractivity contribution in [1.29, 1.82) is 0 Å². The molecule has 0 aromatic rings. The van der Waals surface area contributed by atoms with Crippen molar-refractivity contribution in [3.63, 3.8) is 0 Å². The van der Waals surface area contributed by atoms with Gasteiger partial charge in [0, 0.05) is 25.0 Å². The molecule has 0 radical (unpaired) electrons. The third-order valence-electron chi connectivity index (χ3n) is 2.79. The number of rotatable bonds is 4. The first kappa shape index (κ1) is 12.0. The van der Waals surface area contributed by atoms with Gasteiger partial charge in [0.1, 0.15) is 0 Å². The van der Waals surface area contributed by atoms with E-state index >= 15 is 0 Å². The van der Waals surface area contributed by atoms with Crippen molar-refractivity contribution in [1.82, 2.24) is 5.32 Å². The van der Waals surface area contributed by atoms with Gasteiger partial charge in [-0.25, -0.2) is 0 Å². The van der Waals surface area contributed by atoms with Crippen LogP contribution in [0.5, 0.6) is 0 Å². The number of hydrogen-bond donors (Lipinski definition) is 2. The maximum Gasteiger partial charge on any atom is 0.0785 e. The largest absolute Gasteiger partial charge is 0.375 e. The van der Waals surface area contributed by atoms with Crippen molar-refractivity contribution in [3.8, 4) is 0 Å². The summed E-state index contributed by atoms with van der Waals surface area (Å²) in [6, 6.07) is 0. The second-order valence-corrected chi connectivity index (χ2v) is 5.85. The molecular weight excluding hydrogens is 176 g/mol. The summed E-state index contributed by atoms with van der Waals surface area (Å²) in [5, 5.41) is 3.50. The zero-order chi connectivity index (χ0) is 10.8. The van der Waals surface area contributed by atoms with E-state index in [-0.39, 0.29) is 11.5 Å². The number of nitrogens with one attached hydrogen (secondary N) is 1. The Morgan fingerprint density at radius 2 is 2.14 bits per heavy atom. The van der Waals surface area contributed by atoms with Gasteiger partial charge in [-0.3, -0.25) is 0 Å². The summed E-state index contributed by atoms with van der Waals surface area (Å²) in [5.74, 6) is 0. The molecule has 1 saturated heterocycles. The molecule has 0 aliphatic carbocycles. The Morgan fingerprint density at radius 1 is 1.50 bits per heavy atom. The van der Waals surface area contributed by atoms with E-state index in [2.05, 4.69) is 33.0 Å². The Labute approximate surface area is 87.4 Å². The van der Waals surface area contributed by atoms with E-state index < -0.39 is 0 Å². The summed E-state index contributed by atoms with van der Waals surface area (Å²) in [4.78, 5) is 0. The van der Waals surface area contributed by atoms with E-state index in [0.29, 0.717) is 12.0 Å². The average Bonchev–Trinajstić information content (AvgIpc) is 2.01. The minimum absolute atomic E-state index is 0.245. The quantitative estimate of drug-likeness (QED) is 0.711. The lowest BCUT2D eigenvalue weighted by atomic mass is 9.80. The molecule has 84 valence electrons. The van der Waals surface area contributed by atoms with Crippen LogP contribution in [-0.4, -0.2) is 32.3 Å². The maximum atomic E-state index is 5.61. The van der Waals surface area contributed by atoms with Crippen molar-refractivity contribution in [2.45, 2.75) is 33.8 Å². The highest BCUT2D eigenvalue weighted by Crippen LogP contribution is 2.33. The molecule has 0 aromatic carbocycles. The van der Waals surface area contributed by atoms with Crippen LogP contribution in [0, 0.1) is 10.8 Å². The third kappa shape index (κ3) is 2.94. The molecule has 1 aliphatic heterocycles. The molecule has 0 aromatic heterocycles. The molecule has 0 amide bonds. The first-order valence-electron chi connectivity index (χ1n) is 5.40. The summed E-state index contributed by atoms with van der Waals surface area (Å²) >= 11 is 0. The topological polar surface area (TPSA) is 47.3 Å². The van der Waals surface area contributed by atoms with Crippen LogP contribution >= 0.6 is 0 Å². The molecule has 0 bridgehead atoms. The predicted molar refractivity (Wildman–Crippen MR) is 59.2 cm³/mol. The van der Waals surface area contributed by atoms with Crippen molar-refractivity contribution in [2.75, 3.05) is 26.2 Å². The lowest BCUT2D eigenvalue weighted by Crippen LogP contribution is -2.58. The van der Waals surface area contributed by atoms with Crippen molar-refractivity contribution < 1.29 is 4.74 Å². The van der Waals surface area contributed by atoms with E-state index in [4.69, 9.17) is 10.5 Å². The fraction of sp³-hybridized carbons (Fsp3) is 1.00. The Kier molecular flexibility index (Phi) is 3.56. The van der Waals surface area contributed by atoms with Gasteiger partial charge in [-0.15, -0.1) is 0 Å². The third-order valence-corrected chi connectivity index (χ3v) is 2.79. The Morgan fingerprint density at radius 3 is 2.50 bits per heavy atom. The van der Waals surface area contributed by atoms with E-state index in [9.17, 15) is 0 Å². The van der Waals surface area contributed by atoms with E-state index in [1.54, 1.807) is 0 Å². The fourth-order valence-electron chi connectivity index (χ4n) is 1.73. The minimum atomic E-state index is 0.245. The van der Waals surface area contributed by atoms with E-state index in [1.807, 2.05) is 0 Å². The molecular formula is C11H24N2O. The number of hydrogen-bond acceptors (Lipinski definition) is 3. The summed E-state index contributed by atoms with van der Waals surface area (Å²) in [6.45, 7) is 12.5. The van der Waals surface area contributed by atoms with Crippen LogP contribution in [-0.2, 0) is 4.74 Å². The zero-order valence-electron chi connectivity index (χ0n) is 9.89. The fourth-order valence-corrected chi connectivity index (χ4v) is 1.73.